The Balaban J connectivity index is 1.55. The Bertz CT molecular complexity index is 1250. The summed E-state index contributed by atoms with van der Waals surface area (Å²) in [5.74, 6) is 0.147. The van der Waals surface area contributed by atoms with Gasteiger partial charge >= 0.3 is 0 Å². The van der Waals surface area contributed by atoms with E-state index in [1.165, 1.54) is 54.5 Å². The topological polar surface area (TPSA) is 32.8 Å². The summed E-state index contributed by atoms with van der Waals surface area (Å²) < 4.78 is 5.72. The first-order valence-corrected chi connectivity index (χ1v) is 14.8. The Morgan fingerprint density at radius 2 is 1.38 bits per heavy atom. The van der Waals surface area contributed by atoms with Crippen LogP contribution in [0.25, 0.3) is 5.70 Å². The van der Waals surface area contributed by atoms with E-state index in [4.69, 9.17) is 4.74 Å². The average molecular weight is 521 g/mol. The fourth-order valence-corrected chi connectivity index (χ4v) is 6.97. The van der Waals surface area contributed by atoms with Crippen molar-refractivity contribution in [2.45, 2.75) is 44.1 Å². The molecule has 202 valence electrons. The molecule has 2 aliphatic heterocycles. The van der Waals surface area contributed by atoms with Crippen LogP contribution in [0.3, 0.4) is 0 Å². The number of carbonyl (C=O) groups excluding carboxylic acids is 1. The Hall–Kier alpha value is -3.21. The summed E-state index contributed by atoms with van der Waals surface area (Å²) in [6.07, 6.45) is 6.24. The summed E-state index contributed by atoms with van der Waals surface area (Å²) >= 11 is 0. The molecular weight excluding hydrogens is 480 g/mol. The minimum atomic E-state index is -0.139. The monoisotopic (exact) mass is 520 g/mol. The number of morpholine rings is 1. The highest BCUT2D eigenvalue weighted by molar-refractivity contribution is 5.99. The molecule has 0 spiro atoms. The predicted molar refractivity (Wildman–Crippen MR) is 158 cm³/mol. The molecule has 2 fully saturated rings. The summed E-state index contributed by atoms with van der Waals surface area (Å²) in [6.45, 7) is 5.00. The molecule has 1 aliphatic carbocycles. The first-order chi connectivity index (χ1) is 19.3. The van der Waals surface area contributed by atoms with Crippen LogP contribution in [-0.4, -0.2) is 61.0 Å². The average Bonchev–Trinajstić information content (AvgIpc) is 3.02. The third kappa shape index (κ3) is 5.73. The molecule has 6 rings (SSSR count). The van der Waals surface area contributed by atoms with Gasteiger partial charge in [-0.25, -0.2) is 0 Å². The van der Waals surface area contributed by atoms with Crippen molar-refractivity contribution in [3.63, 3.8) is 0 Å². The predicted octanol–water partition coefficient (Wildman–Crippen LogP) is 6.66. The first kappa shape index (κ1) is 26.0. The van der Waals surface area contributed by atoms with Crippen molar-refractivity contribution in [3.8, 4) is 0 Å². The summed E-state index contributed by atoms with van der Waals surface area (Å²) in [6, 6.07) is 32.2. The van der Waals surface area contributed by atoms with Gasteiger partial charge in [0.05, 0.1) is 19.1 Å². The van der Waals surface area contributed by atoms with Gasteiger partial charge in [0.2, 0.25) is 0 Å². The smallest absolute Gasteiger partial charge is 0.168 e. The van der Waals surface area contributed by atoms with Crippen molar-refractivity contribution in [3.05, 3.63) is 113 Å². The lowest BCUT2D eigenvalue weighted by Gasteiger charge is -2.48. The van der Waals surface area contributed by atoms with Gasteiger partial charge in [0.25, 0.3) is 0 Å². The third-order valence-corrected chi connectivity index (χ3v) is 8.88. The van der Waals surface area contributed by atoms with Crippen LogP contribution in [0, 0.1) is 5.92 Å². The minimum absolute atomic E-state index is 0.0248. The Kier molecular flexibility index (Phi) is 8.22. The van der Waals surface area contributed by atoms with Crippen molar-refractivity contribution in [2.24, 2.45) is 5.92 Å². The Morgan fingerprint density at radius 1 is 0.769 bits per heavy atom. The lowest BCUT2D eigenvalue weighted by Crippen LogP contribution is -2.49. The molecule has 1 saturated heterocycles. The molecule has 0 bridgehead atoms. The molecule has 0 amide bonds. The van der Waals surface area contributed by atoms with E-state index >= 15 is 0 Å². The van der Waals surface area contributed by atoms with Crippen LogP contribution in [0.5, 0.6) is 0 Å². The second-order valence-corrected chi connectivity index (χ2v) is 11.3. The SMILES string of the molecule is O=C(c1ccccc1)[C@@H]1CN(C2CCCCC2)C(c2ccccc2)=C(CN2CCOCC2)[C@H]1c1ccccc1. The zero-order valence-corrected chi connectivity index (χ0v) is 22.9. The van der Waals surface area contributed by atoms with Gasteiger partial charge in [-0.05, 0) is 29.5 Å². The molecule has 3 aromatic carbocycles. The van der Waals surface area contributed by atoms with Crippen LogP contribution in [0.4, 0.5) is 0 Å². The first-order valence-electron chi connectivity index (χ1n) is 14.8. The maximum Gasteiger partial charge on any atom is 0.168 e. The highest BCUT2D eigenvalue weighted by atomic mass is 16.5. The quantitative estimate of drug-likeness (QED) is 0.326. The number of nitrogens with zero attached hydrogens (tertiary/aromatic N) is 2. The molecule has 3 aromatic rings. The second-order valence-electron chi connectivity index (χ2n) is 11.3. The number of carbonyl (C=O) groups is 1. The van der Waals surface area contributed by atoms with E-state index in [1.807, 2.05) is 30.3 Å². The molecule has 0 aromatic heterocycles. The van der Waals surface area contributed by atoms with Crippen LogP contribution in [0.15, 0.2) is 96.6 Å². The molecule has 0 radical (unpaired) electrons. The number of hydrogen-bond donors (Lipinski definition) is 0. The van der Waals surface area contributed by atoms with Crippen molar-refractivity contribution in [1.82, 2.24) is 9.80 Å². The molecule has 2 atom stereocenters. The van der Waals surface area contributed by atoms with Gasteiger partial charge in [0.1, 0.15) is 0 Å². The van der Waals surface area contributed by atoms with E-state index in [0.717, 1.165) is 45.0 Å². The van der Waals surface area contributed by atoms with E-state index in [0.29, 0.717) is 6.04 Å². The summed E-state index contributed by atoms with van der Waals surface area (Å²) in [5, 5.41) is 0. The van der Waals surface area contributed by atoms with Crippen molar-refractivity contribution < 1.29 is 9.53 Å². The zero-order valence-electron chi connectivity index (χ0n) is 22.9. The van der Waals surface area contributed by atoms with Crippen LogP contribution in [-0.2, 0) is 4.74 Å². The molecule has 2 heterocycles. The number of rotatable bonds is 7. The lowest BCUT2D eigenvalue weighted by molar-refractivity contribution is 0.0403. The van der Waals surface area contributed by atoms with Crippen LogP contribution >= 0.6 is 0 Å². The van der Waals surface area contributed by atoms with E-state index in [1.54, 1.807) is 0 Å². The maximum atomic E-state index is 14.4. The normalized spacial score (nSPS) is 23.1. The van der Waals surface area contributed by atoms with Gasteiger partial charge in [0, 0.05) is 49.4 Å². The fraction of sp³-hybridized carbons (Fsp3) is 0.400. The zero-order chi connectivity index (χ0) is 26.4. The fourth-order valence-electron chi connectivity index (χ4n) is 6.97. The van der Waals surface area contributed by atoms with Gasteiger partial charge in [0.15, 0.2) is 5.78 Å². The summed E-state index contributed by atoms with van der Waals surface area (Å²) in [5.41, 5.74) is 6.09. The minimum Gasteiger partial charge on any atom is -0.379 e. The number of hydrogen-bond acceptors (Lipinski definition) is 4. The Labute approximate surface area is 233 Å². The van der Waals surface area contributed by atoms with Gasteiger partial charge in [-0.1, -0.05) is 110 Å². The molecule has 3 aliphatic rings. The van der Waals surface area contributed by atoms with E-state index in [-0.39, 0.29) is 17.6 Å². The van der Waals surface area contributed by atoms with Crippen molar-refractivity contribution in [1.29, 1.82) is 0 Å². The highest BCUT2D eigenvalue weighted by Gasteiger charge is 2.43. The van der Waals surface area contributed by atoms with Crippen LogP contribution in [0.2, 0.25) is 0 Å². The number of ketones is 1. The number of ether oxygens (including phenoxy) is 1. The largest absolute Gasteiger partial charge is 0.379 e. The highest BCUT2D eigenvalue weighted by Crippen LogP contribution is 2.46. The van der Waals surface area contributed by atoms with Crippen molar-refractivity contribution >= 4 is 11.5 Å². The standard InChI is InChI=1S/C35H40N2O2/c38-35(29-17-9-3-10-18-29)32-26-37(30-19-11-4-12-20-30)34(28-15-7-2-8-16-28)31(25-36-21-23-39-24-22-36)33(32)27-13-5-1-6-14-27/h1-3,5-10,13-18,30,32-33H,4,11-12,19-26H2/t32-,33-/m1/s1. The number of Topliss-reactive ketones (excluding diaryl/α,β-unsaturated/α-hetero) is 1. The molecule has 1 saturated carbocycles. The summed E-state index contributed by atoms with van der Waals surface area (Å²) in [7, 11) is 0. The maximum absolute atomic E-state index is 14.4. The van der Waals surface area contributed by atoms with Gasteiger partial charge in [-0.2, -0.15) is 0 Å². The molecule has 4 nitrogen and oxygen atoms in total. The van der Waals surface area contributed by atoms with Gasteiger partial charge in [-0.15, -0.1) is 0 Å². The van der Waals surface area contributed by atoms with Crippen LogP contribution < -0.4 is 0 Å². The molecular formula is C35H40N2O2. The van der Waals surface area contributed by atoms with E-state index in [2.05, 4.69) is 70.5 Å². The van der Waals surface area contributed by atoms with Gasteiger partial charge < -0.3 is 9.64 Å². The van der Waals surface area contributed by atoms with E-state index in [9.17, 15) is 4.79 Å². The molecule has 4 heteroatoms. The van der Waals surface area contributed by atoms with Gasteiger partial charge in [-0.3, -0.25) is 9.69 Å². The Morgan fingerprint density at radius 3 is 2.05 bits per heavy atom. The third-order valence-electron chi connectivity index (χ3n) is 8.88. The molecule has 0 N–H and O–H groups in total. The number of benzene rings is 3. The van der Waals surface area contributed by atoms with Crippen LogP contribution in [0.1, 0.15) is 59.5 Å². The van der Waals surface area contributed by atoms with Crippen molar-refractivity contribution in [2.75, 3.05) is 39.4 Å². The lowest BCUT2D eigenvalue weighted by atomic mass is 9.71. The molecule has 39 heavy (non-hydrogen) atoms. The molecule has 0 unspecified atom stereocenters. The van der Waals surface area contributed by atoms with E-state index < -0.39 is 0 Å². The second kappa shape index (κ2) is 12.3. The summed E-state index contributed by atoms with van der Waals surface area (Å²) in [4.78, 5) is 19.6.